The van der Waals surface area contributed by atoms with Crippen molar-refractivity contribution in [1.29, 1.82) is 0 Å². The first-order valence-electron chi connectivity index (χ1n) is 4.28. The minimum Gasteiger partial charge on any atom is -0.370 e. The largest absolute Gasteiger partial charge is 0.370 e. The van der Waals surface area contributed by atoms with Gasteiger partial charge in [0.05, 0.1) is 11.7 Å². The van der Waals surface area contributed by atoms with E-state index in [1.54, 1.807) is 0 Å². The Hall–Kier alpha value is -0.0800. The third kappa shape index (κ3) is 0.487. The number of ether oxygens (including phenoxy) is 1. The van der Waals surface area contributed by atoms with Crippen LogP contribution in [0.1, 0.15) is 19.3 Å². The summed E-state index contributed by atoms with van der Waals surface area (Å²) in [5, 5.41) is 3.42. The SMILES string of the molecule is C1CC23CNCC2CC1O3. The molecule has 2 heteroatoms. The summed E-state index contributed by atoms with van der Waals surface area (Å²) in [6.45, 7) is 2.32. The Bertz CT molecular complexity index is 167. The lowest BCUT2D eigenvalue weighted by Crippen LogP contribution is -2.33. The smallest absolute Gasteiger partial charge is 0.0851 e. The lowest BCUT2D eigenvalue weighted by atomic mass is 9.81. The zero-order valence-electron chi connectivity index (χ0n) is 6.10. The third-order valence-corrected chi connectivity index (χ3v) is 3.40. The molecule has 56 valence electrons. The molecular formula is C8H13NO. The summed E-state index contributed by atoms with van der Waals surface area (Å²) in [5.41, 5.74) is 0.310. The molecule has 0 amide bonds. The Kier molecular flexibility index (Phi) is 0.868. The molecule has 3 rings (SSSR count). The highest BCUT2D eigenvalue weighted by Gasteiger charge is 2.55. The Balaban J connectivity index is 1.99. The fourth-order valence-electron chi connectivity index (χ4n) is 2.86. The van der Waals surface area contributed by atoms with Crippen LogP contribution in [0, 0.1) is 5.92 Å². The molecular weight excluding hydrogens is 126 g/mol. The van der Waals surface area contributed by atoms with E-state index in [1.807, 2.05) is 0 Å². The Morgan fingerprint density at radius 1 is 1.50 bits per heavy atom. The summed E-state index contributed by atoms with van der Waals surface area (Å²) < 4.78 is 5.92. The van der Waals surface area contributed by atoms with Gasteiger partial charge in [0, 0.05) is 19.0 Å². The van der Waals surface area contributed by atoms with E-state index in [0.29, 0.717) is 11.7 Å². The van der Waals surface area contributed by atoms with Crippen LogP contribution in [0.3, 0.4) is 0 Å². The monoisotopic (exact) mass is 139 g/mol. The van der Waals surface area contributed by atoms with Crippen molar-refractivity contribution in [3.63, 3.8) is 0 Å². The highest BCUT2D eigenvalue weighted by molar-refractivity contribution is 5.07. The predicted octanol–water partition coefficient (Wildman–Crippen LogP) is 0.527. The van der Waals surface area contributed by atoms with Crippen LogP contribution in [0.5, 0.6) is 0 Å². The molecule has 3 aliphatic rings. The van der Waals surface area contributed by atoms with Crippen LogP contribution < -0.4 is 5.32 Å². The highest BCUT2D eigenvalue weighted by Crippen LogP contribution is 2.49. The fourth-order valence-corrected chi connectivity index (χ4v) is 2.86. The Morgan fingerprint density at radius 3 is 3.30 bits per heavy atom. The van der Waals surface area contributed by atoms with E-state index in [-0.39, 0.29) is 0 Å². The molecule has 0 aliphatic carbocycles. The molecule has 1 N–H and O–H groups in total. The summed E-state index contributed by atoms with van der Waals surface area (Å²) >= 11 is 0. The van der Waals surface area contributed by atoms with E-state index in [0.717, 1.165) is 12.5 Å². The molecule has 3 fully saturated rings. The lowest BCUT2D eigenvalue weighted by Gasteiger charge is -2.23. The summed E-state index contributed by atoms with van der Waals surface area (Å²) in [6, 6.07) is 0. The first-order chi connectivity index (χ1) is 4.89. The summed E-state index contributed by atoms with van der Waals surface area (Å²) in [7, 11) is 0. The molecule has 0 aromatic rings. The van der Waals surface area contributed by atoms with Gasteiger partial charge in [0.25, 0.3) is 0 Å². The second-order valence-corrected chi connectivity index (χ2v) is 3.91. The third-order valence-electron chi connectivity index (χ3n) is 3.40. The van der Waals surface area contributed by atoms with Gasteiger partial charge in [-0.05, 0) is 19.3 Å². The van der Waals surface area contributed by atoms with Crippen molar-refractivity contribution in [1.82, 2.24) is 5.32 Å². The van der Waals surface area contributed by atoms with Gasteiger partial charge in [-0.3, -0.25) is 0 Å². The van der Waals surface area contributed by atoms with Gasteiger partial charge in [0.1, 0.15) is 0 Å². The molecule has 3 atom stereocenters. The molecule has 3 aliphatic heterocycles. The van der Waals surface area contributed by atoms with Crippen LogP contribution in [0.2, 0.25) is 0 Å². The van der Waals surface area contributed by atoms with Crippen molar-refractivity contribution >= 4 is 0 Å². The van der Waals surface area contributed by atoms with Gasteiger partial charge in [0.15, 0.2) is 0 Å². The van der Waals surface area contributed by atoms with E-state index in [9.17, 15) is 0 Å². The normalized spacial score (nSPS) is 57.6. The van der Waals surface area contributed by atoms with Crippen molar-refractivity contribution in [3.05, 3.63) is 0 Å². The van der Waals surface area contributed by atoms with Gasteiger partial charge in [-0.1, -0.05) is 0 Å². The molecule has 2 bridgehead atoms. The van der Waals surface area contributed by atoms with Gasteiger partial charge in [-0.2, -0.15) is 0 Å². The van der Waals surface area contributed by atoms with E-state index >= 15 is 0 Å². The quantitative estimate of drug-likeness (QED) is 0.528. The minimum absolute atomic E-state index is 0.310. The molecule has 2 nitrogen and oxygen atoms in total. The van der Waals surface area contributed by atoms with E-state index in [1.165, 1.54) is 25.8 Å². The van der Waals surface area contributed by atoms with Crippen LogP contribution >= 0.6 is 0 Å². The molecule has 3 saturated heterocycles. The van der Waals surface area contributed by atoms with Crippen molar-refractivity contribution < 1.29 is 4.74 Å². The van der Waals surface area contributed by atoms with Gasteiger partial charge in [-0.25, -0.2) is 0 Å². The second-order valence-electron chi connectivity index (χ2n) is 3.91. The van der Waals surface area contributed by atoms with Gasteiger partial charge in [-0.15, -0.1) is 0 Å². The Labute approximate surface area is 60.9 Å². The van der Waals surface area contributed by atoms with Crippen molar-refractivity contribution in [2.24, 2.45) is 5.92 Å². The molecule has 3 heterocycles. The van der Waals surface area contributed by atoms with E-state index in [4.69, 9.17) is 4.74 Å². The van der Waals surface area contributed by atoms with E-state index in [2.05, 4.69) is 5.32 Å². The second kappa shape index (κ2) is 1.56. The van der Waals surface area contributed by atoms with Crippen LogP contribution in [-0.4, -0.2) is 24.8 Å². The average Bonchev–Trinajstić information content (AvgIpc) is 2.48. The molecule has 0 saturated carbocycles. The molecule has 0 aromatic carbocycles. The summed E-state index contributed by atoms with van der Waals surface area (Å²) in [5.74, 6) is 0.853. The minimum atomic E-state index is 0.310. The maximum Gasteiger partial charge on any atom is 0.0851 e. The van der Waals surface area contributed by atoms with Crippen LogP contribution in [-0.2, 0) is 4.74 Å². The number of hydrogen-bond acceptors (Lipinski definition) is 2. The molecule has 3 unspecified atom stereocenters. The van der Waals surface area contributed by atoms with E-state index < -0.39 is 0 Å². The predicted molar refractivity (Wildman–Crippen MR) is 37.8 cm³/mol. The maximum absolute atomic E-state index is 5.92. The summed E-state index contributed by atoms with van der Waals surface area (Å²) in [4.78, 5) is 0. The zero-order valence-corrected chi connectivity index (χ0v) is 6.10. The van der Waals surface area contributed by atoms with Crippen LogP contribution in [0.4, 0.5) is 0 Å². The van der Waals surface area contributed by atoms with Gasteiger partial charge in [0.2, 0.25) is 0 Å². The van der Waals surface area contributed by atoms with Gasteiger partial charge < -0.3 is 10.1 Å². The Morgan fingerprint density at radius 2 is 2.50 bits per heavy atom. The zero-order chi connectivity index (χ0) is 6.60. The van der Waals surface area contributed by atoms with Crippen LogP contribution in [0.25, 0.3) is 0 Å². The number of fused-ring (bicyclic) bond motifs is 1. The van der Waals surface area contributed by atoms with Crippen molar-refractivity contribution in [3.8, 4) is 0 Å². The van der Waals surface area contributed by atoms with Crippen molar-refractivity contribution in [2.45, 2.75) is 31.0 Å². The number of hydrogen-bond donors (Lipinski definition) is 1. The lowest BCUT2D eigenvalue weighted by molar-refractivity contribution is 0.0141. The van der Waals surface area contributed by atoms with Crippen LogP contribution in [0.15, 0.2) is 0 Å². The maximum atomic E-state index is 5.92. The number of rotatable bonds is 0. The topological polar surface area (TPSA) is 21.3 Å². The standard InChI is InChI=1S/C8H13NO/c1-2-8-5-9-4-6(8)3-7(1)10-8/h6-7,9H,1-5H2. The average molecular weight is 139 g/mol. The fraction of sp³-hybridized carbons (Fsp3) is 1.00. The molecule has 0 aromatic heterocycles. The molecule has 0 radical (unpaired) electrons. The summed E-state index contributed by atoms with van der Waals surface area (Å²) in [6.07, 6.45) is 4.59. The number of nitrogens with one attached hydrogen (secondary N) is 1. The molecule has 1 spiro atoms. The first-order valence-corrected chi connectivity index (χ1v) is 4.28. The molecule has 10 heavy (non-hydrogen) atoms. The van der Waals surface area contributed by atoms with Gasteiger partial charge >= 0.3 is 0 Å². The van der Waals surface area contributed by atoms with Crippen molar-refractivity contribution in [2.75, 3.05) is 13.1 Å². The highest BCUT2D eigenvalue weighted by atomic mass is 16.5. The first kappa shape index (κ1) is 5.56.